The molecule has 0 heterocycles. The average molecular weight is 319 g/mol. The molecule has 6 nitrogen and oxygen atoms in total. The number of hydrogen-bond donors (Lipinski definition) is 1. The Labute approximate surface area is 130 Å². The highest BCUT2D eigenvalue weighted by molar-refractivity contribution is 7.99. The molecule has 0 aromatic carbocycles. The molecule has 1 N–H and O–H groups in total. The zero-order chi connectivity index (χ0) is 16.8. The summed E-state index contributed by atoms with van der Waals surface area (Å²) in [5, 5.41) is 2.55. The SMILES string of the molecule is CSC(OC(C)=O)C(=O)[C@@H](NC(=O)OC(C)(C)C)C(C)C. The fraction of sp³-hybridized carbons (Fsp3) is 0.786. The van der Waals surface area contributed by atoms with Crippen LogP contribution in [0.5, 0.6) is 0 Å². The lowest BCUT2D eigenvalue weighted by atomic mass is 10.0. The lowest BCUT2D eigenvalue weighted by Crippen LogP contribution is -2.49. The Morgan fingerprint density at radius 2 is 1.67 bits per heavy atom. The summed E-state index contributed by atoms with van der Waals surface area (Å²) < 4.78 is 10.1. The Morgan fingerprint density at radius 3 is 2.00 bits per heavy atom. The van der Waals surface area contributed by atoms with Gasteiger partial charge >= 0.3 is 12.1 Å². The van der Waals surface area contributed by atoms with Gasteiger partial charge in [-0.2, -0.15) is 0 Å². The lowest BCUT2D eigenvalue weighted by molar-refractivity contribution is -0.148. The molecule has 2 atom stereocenters. The first-order valence-corrected chi connectivity index (χ1v) is 8.00. The zero-order valence-electron chi connectivity index (χ0n) is 13.7. The smallest absolute Gasteiger partial charge is 0.408 e. The highest BCUT2D eigenvalue weighted by atomic mass is 32.2. The Bertz CT molecular complexity index is 389. The first-order chi connectivity index (χ1) is 9.47. The molecular weight excluding hydrogens is 294 g/mol. The van der Waals surface area contributed by atoms with Crippen molar-refractivity contribution in [2.45, 2.75) is 58.6 Å². The Hall–Kier alpha value is -1.24. The minimum atomic E-state index is -0.940. The van der Waals surface area contributed by atoms with Crippen LogP contribution in [0.4, 0.5) is 4.79 Å². The number of ketones is 1. The summed E-state index contributed by atoms with van der Waals surface area (Å²) in [7, 11) is 0. The van der Waals surface area contributed by atoms with Crippen molar-refractivity contribution in [3.63, 3.8) is 0 Å². The average Bonchev–Trinajstić information content (AvgIpc) is 2.29. The molecule has 1 unspecified atom stereocenters. The van der Waals surface area contributed by atoms with Crippen molar-refractivity contribution < 1.29 is 23.9 Å². The number of thioether (sulfide) groups is 1. The number of carbonyl (C=O) groups is 3. The largest absolute Gasteiger partial charge is 0.444 e. The molecule has 0 saturated heterocycles. The Balaban J connectivity index is 4.92. The molecule has 21 heavy (non-hydrogen) atoms. The second-order valence-electron chi connectivity index (χ2n) is 5.95. The summed E-state index contributed by atoms with van der Waals surface area (Å²) in [6.45, 7) is 10.0. The van der Waals surface area contributed by atoms with E-state index in [2.05, 4.69) is 5.32 Å². The molecule has 122 valence electrons. The first-order valence-electron chi connectivity index (χ1n) is 6.71. The third kappa shape index (κ3) is 7.94. The first kappa shape index (κ1) is 19.8. The van der Waals surface area contributed by atoms with Gasteiger partial charge in [-0.05, 0) is 32.9 Å². The number of alkyl carbamates (subject to hydrolysis) is 1. The van der Waals surface area contributed by atoms with E-state index in [-0.39, 0.29) is 11.7 Å². The van der Waals surface area contributed by atoms with Crippen molar-refractivity contribution in [2.75, 3.05) is 6.26 Å². The maximum absolute atomic E-state index is 12.4. The molecule has 0 fully saturated rings. The van der Waals surface area contributed by atoms with Gasteiger partial charge in [0, 0.05) is 6.92 Å². The summed E-state index contributed by atoms with van der Waals surface area (Å²) in [5.41, 5.74) is -1.59. The van der Waals surface area contributed by atoms with Gasteiger partial charge in [0.05, 0.1) is 6.04 Å². The molecule has 0 saturated carbocycles. The van der Waals surface area contributed by atoms with Crippen molar-refractivity contribution in [2.24, 2.45) is 5.92 Å². The molecule has 0 rings (SSSR count). The minimum Gasteiger partial charge on any atom is -0.444 e. The summed E-state index contributed by atoms with van der Waals surface area (Å²) in [6.07, 6.45) is 0.994. The Morgan fingerprint density at radius 1 is 1.14 bits per heavy atom. The van der Waals surface area contributed by atoms with Gasteiger partial charge in [0.2, 0.25) is 11.2 Å². The van der Waals surface area contributed by atoms with Crippen molar-refractivity contribution in [1.29, 1.82) is 0 Å². The van der Waals surface area contributed by atoms with Crippen LogP contribution in [0.3, 0.4) is 0 Å². The lowest BCUT2D eigenvalue weighted by Gasteiger charge is -2.26. The van der Waals surface area contributed by atoms with Gasteiger partial charge in [0.15, 0.2) is 0 Å². The third-order valence-corrected chi connectivity index (χ3v) is 3.12. The van der Waals surface area contributed by atoms with Crippen LogP contribution in [-0.4, -0.2) is 41.2 Å². The van der Waals surface area contributed by atoms with Crippen LogP contribution in [0, 0.1) is 5.92 Å². The molecular formula is C14H25NO5S. The fourth-order valence-electron chi connectivity index (χ4n) is 1.52. The second-order valence-corrected chi connectivity index (χ2v) is 6.85. The van der Waals surface area contributed by atoms with Gasteiger partial charge < -0.3 is 14.8 Å². The fourth-order valence-corrected chi connectivity index (χ4v) is 2.13. The van der Waals surface area contributed by atoms with E-state index in [1.54, 1.807) is 40.9 Å². The van der Waals surface area contributed by atoms with Crippen LogP contribution in [-0.2, 0) is 19.1 Å². The van der Waals surface area contributed by atoms with Gasteiger partial charge in [-0.15, -0.1) is 11.8 Å². The maximum Gasteiger partial charge on any atom is 0.408 e. The number of esters is 1. The molecule has 0 spiro atoms. The normalized spacial score (nSPS) is 14.3. The number of rotatable bonds is 6. The van der Waals surface area contributed by atoms with Crippen molar-refractivity contribution in [3.05, 3.63) is 0 Å². The number of Topliss-reactive ketones (excluding diaryl/α,β-unsaturated/α-hetero) is 1. The van der Waals surface area contributed by atoms with Gasteiger partial charge in [-0.3, -0.25) is 9.59 Å². The van der Waals surface area contributed by atoms with E-state index >= 15 is 0 Å². The number of hydrogen-bond acceptors (Lipinski definition) is 6. The van der Waals surface area contributed by atoms with Crippen LogP contribution < -0.4 is 5.32 Å². The zero-order valence-corrected chi connectivity index (χ0v) is 14.5. The number of carbonyl (C=O) groups excluding carboxylic acids is 3. The highest BCUT2D eigenvalue weighted by Crippen LogP contribution is 2.17. The molecule has 0 aliphatic heterocycles. The van der Waals surface area contributed by atoms with E-state index in [4.69, 9.17) is 9.47 Å². The highest BCUT2D eigenvalue weighted by Gasteiger charge is 2.33. The summed E-state index contributed by atoms with van der Waals surface area (Å²) in [6, 6.07) is -0.781. The molecule has 0 aromatic heterocycles. The monoisotopic (exact) mass is 319 g/mol. The van der Waals surface area contributed by atoms with E-state index < -0.39 is 29.1 Å². The number of amides is 1. The molecule has 1 amide bonds. The van der Waals surface area contributed by atoms with Gasteiger partial charge in [-0.25, -0.2) is 4.79 Å². The minimum absolute atomic E-state index is 0.157. The van der Waals surface area contributed by atoms with E-state index in [9.17, 15) is 14.4 Å². The topological polar surface area (TPSA) is 81.7 Å². The quantitative estimate of drug-likeness (QED) is 0.598. The number of ether oxygens (including phenoxy) is 2. The second kappa shape index (κ2) is 8.26. The van der Waals surface area contributed by atoms with E-state index in [0.717, 1.165) is 11.8 Å². The third-order valence-electron chi connectivity index (χ3n) is 2.36. The van der Waals surface area contributed by atoms with Crippen LogP contribution >= 0.6 is 11.8 Å². The maximum atomic E-state index is 12.4. The molecule has 0 aliphatic carbocycles. The van der Waals surface area contributed by atoms with E-state index in [0.29, 0.717) is 0 Å². The van der Waals surface area contributed by atoms with Gasteiger partial charge in [0.1, 0.15) is 5.60 Å². The van der Waals surface area contributed by atoms with Crippen molar-refractivity contribution in [1.82, 2.24) is 5.32 Å². The van der Waals surface area contributed by atoms with Gasteiger partial charge in [-0.1, -0.05) is 13.8 Å². The summed E-state index contributed by atoms with van der Waals surface area (Å²) >= 11 is 1.11. The molecule has 7 heteroatoms. The van der Waals surface area contributed by atoms with Crippen molar-refractivity contribution in [3.8, 4) is 0 Å². The molecule has 0 aliphatic rings. The van der Waals surface area contributed by atoms with Gasteiger partial charge in [0.25, 0.3) is 0 Å². The summed E-state index contributed by atoms with van der Waals surface area (Å²) in [5.74, 6) is -1.06. The standard InChI is InChI=1S/C14H25NO5S/c1-8(2)10(15-13(18)20-14(4,5)6)11(17)12(21-7)19-9(3)16/h8,10,12H,1-7H3,(H,15,18)/t10-,12?/m0/s1. The van der Waals surface area contributed by atoms with Crippen LogP contribution in [0.15, 0.2) is 0 Å². The summed E-state index contributed by atoms with van der Waals surface area (Å²) in [4.78, 5) is 35.2. The molecule has 0 bridgehead atoms. The molecule has 0 radical (unpaired) electrons. The van der Waals surface area contributed by atoms with E-state index in [1.165, 1.54) is 6.92 Å². The van der Waals surface area contributed by atoms with Crippen LogP contribution in [0.25, 0.3) is 0 Å². The predicted octanol–water partition coefficient (Wildman–Crippen LogP) is 2.36. The van der Waals surface area contributed by atoms with Crippen molar-refractivity contribution >= 4 is 29.6 Å². The molecule has 0 aromatic rings. The Kier molecular flexibility index (Phi) is 7.78. The number of nitrogens with one attached hydrogen (secondary N) is 1. The van der Waals surface area contributed by atoms with Crippen LogP contribution in [0.2, 0.25) is 0 Å². The van der Waals surface area contributed by atoms with E-state index in [1.807, 2.05) is 0 Å². The predicted molar refractivity (Wildman–Crippen MR) is 82.1 cm³/mol. The van der Waals surface area contributed by atoms with Crippen LogP contribution in [0.1, 0.15) is 41.5 Å².